The van der Waals surface area contributed by atoms with Gasteiger partial charge in [-0.25, -0.2) is 0 Å². The quantitative estimate of drug-likeness (QED) is 0.296. The van der Waals surface area contributed by atoms with E-state index in [2.05, 4.69) is 5.32 Å². The predicted molar refractivity (Wildman–Crippen MR) is 75.0 cm³/mol. The van der Waals surface area contributed by atoms with Gasteiger partial charge in [-0.2, -0.15) is 5.06 Å². The van der Waals surface area contributed by atoms with Gasteiger partial charge >= 0.3 is 35.5 Å². The van der Waals surface area contributed by atoms with E-state index in [0.29, 0.717) is 16.5 Å². The zero-order chi connectivity index (χ0) is 16.3. The van der Waals surface area contributed by atoms with Gasteiger partial charge in [-0.05, 0) is 0 Å². The van der Waals surface area contributed by atoms with Gasteiger partial charge in [-0.15, -0.1) is 0 Å². The van der Waals surface area contributed by atoms with Gasteiger partial charge in [0.2, 0.25) is 0 Å². The first-order valence-electron chi connectivity index (χ1n) is 6.35. The minimum Gasteiger partial charge on any atom is -0.544 e. The number of nitrogens with zero attached hydrogens (tertiary/aromatic N) is 1. The van der Waals surface area contributed by atoms with Crippen LogP contribution in [-0.2, 0) is 24.0 Å². The summed E-state index contributed by atoms with van der Waals surface area (Å²) in [6.07, 6.45) is 1.53. The number of thiocarbonyl (C=S) groups is 1. The van der Waals surface area contributed by atoms with Gasteiger partial charge in [0.25, 0.3) is 11.6 Å². The molecule has 0 aromatic heterocycles. The number of carboxylic acids is 1. The van der Waals surface area contributed by atoms with Crippen molar-refractivity contribution < 1.29 is 58.6 Å². The van der Waals surface area contributed by atoms with Gasteiger partial charge in [0.05, 0.1) is 11.4 Å². The Labute approximate surface area is 164 Å². The number of carbonyl (C=O) groups is 3. The largest absolute Gasteiger partial charge is 1.00 e. The Balaban J connectivity index is 0.00000264. The number of ether oxygens (including phenoxy) is 1. The number of esters is 1. The molecule has 0 radical (unpaired) electrons. The molecule has 0 bridgehead atoms. The summed E-state index contributed by atoms with van der Waals surface area (Å²) in [5, 5.41) is 14.6. The standard InChI is InChI=1S/C12H13ClN2O6S.Na/c13-5-1-2-8(22)14-7-6-20-15(10(7)17)12(11(18)19)4-3-9(16)21-12;/h1,5,7H,2-4,6H2,(H,14,22)(H,18,19);/q;+1/p-1/b5-1-;/t7-,12?;/m0./s1. The van der Waals surface area contributed by atoms with E-state index < -0.39 is 29.6 Å². The van der Waals surface area contributed by atoms with Crippen LogP contribution in [0.4, 0.5) is 0 Å². The number of halogens is 1. The SMILES string of the molecule is O=C1CCC(C(=O)[O-])(N2OC[C@H](NC(=S)C/C=C\Cl)C2=O)O1.[Na+]. The Bertz CT molecular complexity index is 560. The Morgan fingerprint density at radius 3 is 2.78 bits per heavy atom. The van der Waals surface area contributed by atoms with Gasteiger partial charge in [0, 0.05) is 18.4 Å². The molecule has 2 atom stereocenters. The first kappa shape index (κ1) is 20.3. The van der Waals surface area contributed by atoms with Crippen molar-refractivity contribution in [2.45, 2.75) is 31.0 Å². The van der Waals surface area contributed by atoms with Crippen molar-refractivity contribution in [3.63, 3.8) is 0 Å². The molecule has 0 aromatic carbocycles. The Hall–Kier alpha value is -0.710. The number of hydrogen-bond acceptors (Lipinski definition) is 7. The molecule has 0 aromatic rings. The van der Waals surface area contributed by atoms with E-state index in [4.69, 9.17) is 33.4 Å². The zero-order valence-electron chi connectivity index (χ0n) is 12.2. The number of carbonyl (C=O) groups excluding carboxylic acids is 3. The molecule has 1 amide bonds. The average molecular weight is 371 g/mol. The number of nitrogens with one attached hydrogen (secondary N) is 1. The molecule has 120 valence electrons. The average Bonchev–Trinajstić information content (AvgIpc) is 3.02. The molecule has 2 fully saturated rings. The third-order valence-corrected chi connectivity index (χ3v) is 3.66. The van der Waals surface area contributed by atoms with Crippen LogP contribution < -0.4 is 40.0 Å². The number of aliphatic carboxylic acids is 1. The van der Waals surface area contributed by atoms with Crippen molar-refractivity contribution in [3.05, 3.63) is 11.6 Å². The summed E-state index contributed by atoms with van der Waals surface area (Å²) < 4.78 is 4.77. The van der Waals surface area contributed by atoms with E-state index >= 15 is 0 Å². The van der Waals surface area contributed by atoms with Crippen LogP contribution in [0.3, 0.4) is 0 Å². The molecule has 2 saturated heterocycles. The number of amides is 1. The third kappa shape index (κ3) is 4.23. The monoisotopic (exact) mass is 370 g/mol. The van der Waals surface area contributed by atoms with Crippen molar-refractivity contribution in [2.24, 2.45) is 0 Å². The second-order valence-electron chi connectivity index (χ2n) is 4.66. The van der Waals surface area contributed by atoms with Crippen molar-refractivity contribution >= 4 is 46.7 Å². The van der Waals surface area contributed by atoms with Gasteiger partial charge in [0.1, 0.15) is 18.6 Å². The van der Waals surface area contributed by atoms with Gasteiger partial charge in [0.15, 0.2) is 0 Å². The summed E-state index contributed by atoms with van der Waals surface area (Å²) in [6.45, 7) is -0.143. The molecule has 2 rings (SSSR count). The Kier molecular flexibility index (Phi) is 7.43. The fourth-order valence-electron chi connectivity index (χ4n) is 2.15. The maximum Gasteiger partial charge on any atom is 1.00 e. The molecule has 0 saturated carbocycles. The molecule has 1 unspecified atom stereocenters. The fourth-order valence-corrected chi connectivity index (χ4v) is 2.48. The van der Waals surface area contributed by atoms with Crippen molar-refractivity contribution in [1.82, 2.24) is 10.4 Å². The molecule has 11 heteroatoms. The van der Waals surface area contributed by atoms with E-state index in [1.165, 1.54) is 5.54 Å². The first-order valence-corrected chi connectivity index (χ1v) is 7.20. The molecule has 8 nitrogen and oxygen atoms in total. The minimum absolute atomic E-state index is 0. The third-order valence-electron chi connectivity index (χ3n) is 3.19. The molecular weight excluding hydrogens is 359 g/mol. The van der Waals surface area contributed by atoms with Crippen LogP contribution >= 0.6 is 23.8 Å². The van der Waals surface area contributed by atoms with Crippen LogP contribution in [0.2, 0.25) is 0 Å². The molecular formula is C12H12ClN2NaO6S. The summed E-state index contributed by atoms with van der Waals surface area (Å²) in [6, 6.07) is -0.869. The van der Waals surface area contributed by atoms with E-state index in [0.717, 1.165) is 0 Å². The van der Waals surface area contributed by atoms with Crippen molar-refractivity contribution in [2.75, 3.05) is 6.61 Å². The molecule has 0 spiro atoms. The molecule has 2 heterocycles. The smallest absolute Gasteiger partial charge is 0.544 e. The maximum absolute atomic E-state index is 12.3. The van der Waals surface area contributed by atoms with Crippen LogP contribution in [0.15, 0.2) is 11.6 Å². The van der Waals surface area contributed by atoms with Gasteiger partial charge in [-0.3, -0.25) is 14.4 Å². The van der Waals surface area contributed by atoms with Crippen molar-refractivity contribution in [1.29, 1.82) is 0 Å². The van der Waals surface area contributed by atoms with Crippen molar-refractivity contribution in [3.8, 4) is 0 Å². The number of hydrogen-bond donors (Lipinski definition) is 1. The summed E-state index contributed by atoms with van der Waals surface area (Å²) in [4.78, 5) is 40.3. The van der Waals surface area contributed by atoms with Crippen LogP contribution in [0, 0.1) is 0 Å². The van der Waals surface area contributed by atoms with Crippen LogP contribution in [0.25, 0.3) is 0 Å². The second-order valence-corrected chi connectivity index (χ2v) is 5.40. The number of cyclic esters (lactones) is 1. The summed E-state index contributed by atoms with van der Waals surface area (Å²) >= 11 is 10.4. The second kappa shape index (κ2) is 8.41. The molecule has 2 aliphatic heterocycles. The fraction of sp³-hybridized carbons (Fsp3) is 0.500. The predicted octanol–water partition coefficient (Wildman–Crippen LogP) is -4.02. The molecule has 2 aliphatic rings. The van der Waals surface area contributed by atoms with E-state index in [9.17, 15) is 19.5 Å². The minimum atomic E-state index is -2.22. The van der Waals surface area contributed by atoms with Crippen LogP contribution in [0.1, 0.15) is 19.3 Å². The van der Waals surface area contributed by atoms with E-state index in [-0.39, 0.29) is 49.0 Å². The normalized spacial score (nSPS) is 27.0. The van der Waals surface area contributed by atoms with Gasteiger partial charge in [-0.1, -0.05) is 29.9 Å². The Morgan fingerprint density at radius 1 is 1.57 bits per heavy atom. The summed E-state index contributed by atoms with van der Waals surface area (Å²) in [5.74, 6) is -3.14. The molecule has 0 aliphatic carbocycles. The van der Waals surface area contributed by atoms with Gasteiger partial charge < -0.3 is 20.0 Å². The zero-order valence-corrected chi connectivity index (χ0v) is 15.8. The Morgan fingerprint density at radius 2 is 2.26 bits per heavy atom. The maximum atomic E-state index is 12.3. The summed E-state index contributed by atoms with van der Waals surface area (Å²) in [5.41, 5.74) is -0.932. The number of carboxylic acid groups (broad SMARTS) is 1. The molecule has 1 N–H and O–H groups in total. The number of hydroxylamine groups is 2. The topological polar surface area (TPSA) is 108 Å². The van der Waals surface area contributed by atoms with E-state index in [1.807, 2.05) is 0 Å². The van der Waals surface area contributed by atoms with Crippen LogP contribution in [0.5, 0.6) is 0 Å². The van der Waals surface area contributed by atoms with E-state index in [1.54, 1.807) is 6.08 Å². The first-order chi connectivity index (χ1) is 10.4. The van der Waals surface area contributed by atoms with Crippen LogP contribution in [-0.4, -0.2) is 46.3 Å². The summed E-state index contributed by atoms with van der Waals surface area (Å²) in [7, 11) is 0. The number of rotatable bonds is 5. The molecule has 23 heavy (non-hydrogen) atoms.